The predicted molar refractivity (Wildman–Crippen MR) is 94.2 cm³/mol. The lowest BCUT2D eigenvalue weighted by atomic mass is 10.0. The number of halogens is 2. The van der Waals surface area contributed by atoms with E-state index in [1.165, 1.54) is 12.1 Å². The van der Waals surface area contributed by atoms with E-state index in [1.54, 1.807) is 12.1 Å². The number of nitrogens with zero attached hydrogens (tertiary/aromatic N) is 1. The molecule has 1 amide bonds. The van der Waals surface area contributed by atoms with Gasteiger partial charge in [0.25, 0.3) is 5.91 Å². The van der Waals surface area contributed by atoms with Crippen LogP contribution in [0.3, 0.4) is 0 Å². The Kier molecular flexibility index (Phi) is 6.52. The third-order valence-electron chi connectivity index (χ3n) is 4.23. The number of aromatic nitrogens is 2. The fourth-order valence-electron chi connectivity index (χ4n) is 2.92. The molecule has 2 heterocycles. The number of rotatable bonds is 5. The molecule has 1 aromatic heterocycles. The molecule has 136 valence electrons. The number of carbonyl (C=O) groups excluding carboxylic acids is 1. The summed E-state index contributed by atoms with van der Waals surface area (Å²) in [6.45, 7) is 3.32. The first kappa shape index (κ1) is 19.4. The summed E-state index contributed by atoms with van der Waals surface area (Å²) in [5, 5.41) is 23.3. The minimum Gasteiger partial charge on any atom is -0.388 e. The Morgan fingerprint density at radius 2 is 2.12 bits per heavy atom. The standard InChI is InChI=1S/C17H21FN4O2.ClH/c1-10(8-15(23)11-2-4-12(18)5-3-11)20-17(24)16-13-9-19-7-6-14(13)21-22-16;/h2-5,10,15,19,23H,6-9H2,1H3,(H,20,24)(H,21,22);1H. The van der Waals surface area contributed by atoms with Gasteiger partial charge in [-0.2, -0.15) is 5.10 Å². The number of nitrogens with one attached hydrogen (secondary N) is 3. The average Bonchev–Trinajstić information content (AvgIpc) is 2.99. The molecule has 0 fully saturated rings. The maximum absolute atomic E-state index is 12.9. The zero-order valence-electron chi connectivity index (χ0n) is 13.9. The van der Waals surface area contributed by atoms with E-state index in [9.17, 15) is 14.3 Å². The minimum atomic E-state index is -0.768. The van der Waals surface area contributed by atoms with Crippen molar-refractivity contribution in [1.82, 2.24) is 20.8 Å². The molecule has 2 unspecified atom stereocenters. The van der Waals surface area contributed by atoms with Gasteiger partial charge in [-0.25, -0.2) is 4.39 Å². The van der Waals surface area contributed by atoms with E-state index in [4.69, 9.17) is 0 Å². The van der Waals surface area contributed by atoms with Crippen LogP contribution < -0.4 is 10.6 Å². The predicted octanol–water partition coefficient (Wildman–Crippen LogP) is 1.86. The smallest absolute Gasteiger partial charge is 0.272 e. The molecule has 4 N–H and O–H groups in total. The van der Waals surface area contributed by atoms with Gasteiger partial charge in [-0.15, -0.1) is 12.4 Å². The van der Waals surface area contributed by atoms with E-state index in [-0.39, 0.29) is 30.2 Å². The first-order valence-electron chi connectivity index (χ1n) is 8.06. The SMILES string of the molecule is CC(CC(O)c1ccc(F)cc1)NC(=O)c1n[nH]c2c1CNCC2.Cl. The number of fused-ring (bicyclic) bond motifs is 1. The molecule has 8 heteroatoms. The van der Waals surface area contributed by atoms with Crippen molar-refractivity contribution in [2.75, 3.05) is 6.54 Å². The second-order valence-electron chi connectivity index (χ2n) is 6.13. The van der Waals surface area contributed by atoms with Crippen LogP contribution in [-0.4, -0.2) is 33.8 Å². The summed E-state index contributed by atoms with van der Waals surface area (Å²) < 4.78 is 12.9. The van der Waals surface area contributed by atoms with Crippen LogP contribution in [0.15, 0.2) is 24.3 Å². The van der Waals surface area contributed by atoms with Crippen LogP contribution in [0.5, 0.6) is 0 Å². The molecule has 1 aliphatic heterocycles. The lowest BCUT2D eigenvalue weighted by Gasteiger charge is -2.18. The molecule has 0 radical (unpaired) electrons. The van der Waals surface area contributed by atoms with Gasteiger partial charge in [0, 0.05) is 36.8 Å². The summed E-state index contributed by atoms with van der Waals surface area (Å²) in [6.07, 6.45) is 0.395. The highest BCUT2D eigenvalue weighted by Crippen LogP contribution is 2.19. The number of aliphatic hydroxyl groups excluding tert-OH is 1. The summed E-state index contributed by atoms with van der Waals surface area (Å²) in [5.74, 6) is -0.598. The maximum Gasteiger partial charge on any atom is 0.272 e. The molecule has 1 aliphatic rings. The number of hydrogen-bond acceptors (Lipinski definition) is 4. The number of amides is 1. The van der Waals surface area contributed by atoms with Gasteiger partial charge in [-0.05, 0) is 31.0 Å². The molecule has 3 rings (SSSR count). The minimum absolute atomic E-state index is 0. The Bertz CT molecular complexity index is 720. The van der Waals surface area contributed by atoms with Crippen molar-refractivity contribution in [3.8, 4) is 0 Å². The average molecular weight is 369 g/mol. The Labute approximate surface area is 151 Å². The molecule has 0 saturated heterocycles. The van der Waals surface area contributed by atoms with Crippen LogP contribution in [0, 0.1) is 5.82 Å². The van der Waals surface area contributed by atoms with Crippen LogP contribution >= 0.6 is 12.4 Å². The van der Waals surface area contributed by atoms with Crippen molar-refractivity contribution < 1.29 is 14.3 Å². The van der Waals surface area contributed by atoms with E-state index >= 15 is 0 Å². The highest BCUT2D eigenvalue weighted by molar-refractivity contribution is 5.94. The summed E-state index contributed by atoms with van der Waals surface area (Å²) in [5.41, 5.74) is 2.93. The fourth-order valence-corrected chi connectivity index (χ4v) is 2.92. The molecule has 2 aromatic rings. The van der Waals surface area contributed by atoms with Gasteiger partial charge in [0.2, 0.25) is 0 Å². The summed E-state index contributed by atoms with van der Waals surface area (Å²) in [4.78, 5) is 12.4. The highest BCUT2D eigenvalue weighted by Gasteiger charge is 2.23. The van der Waals surface area contributed by atoms with Crippen molar-refractivity contribution >= 4 is 18.3 Å². The van der Waals surface area contributed by atoms with E-state index < -0.39 is 6.10 Å². The Morgan fingerprint density at radius 1 is 1.40 bits per heavy atom. The third kappa shape index (κ3) is 4.56. The van der Waals surface area contributed by atoms with E-state index in [2.05, 4.69) is 20.8 Å². The molecular weight excluding hydrogens is 347 g/mol. The number of H-pyrrole nitrogens is 1. The first-order chi connectivity index (χ1) is 11.5. The van der Waals surface area contributed by atoms with Gasteiger partial charge < -0.3 is 15.7 Å². The fraction of sp³-hybridized carbons (Fsp3) is 0.412. The van der Waals surface area contributed by atoms with Gasteiger partial charge in [0.1, 0.15) is 5.82 Å². The summed E-state index contributed by atoms with van der Waals surface area (Å²) >= 11 is 0. The lowest BCUT2D eigenvalue weighted by molar-refractivity contribution is 0.0911. The lowest BCUT2D eigenvalue weighted by Crippen LogP contribution is -2.35. The van der Waals surface area contributed by atoms with Gasteiger partial charge in [-0.1, -0.05) is 12.1 Å². The second kappa shape index (κ2) is 8.42. The topological polar surface area (TPSA) is 90.0 Å². The summed E-state index contributed by atoms with van der Waals surface area (Å²) in [7, 11) is 0. The Balaban J connectivity index is 0.00000225. The molecule has 1 aromatic carbocycles. The molecule has 0 saturated carbocycles. The van der Waals surface area contributed by atoms with Crippen molar-refractivity contribution in [3.63, 3.8) is 0 Å². The Morgan fingerprint density at radius 3 is 2.84 bits per heavy atom. The van der Waals surface area contributed by atoms with Crippen molar-refractivity contribution in [2.45, 2.75) is 38.5 Å². The number of benzene rings is 1. The van der Waals surface area contributed by atoms with E-state index in [0.717, 1.165) is 24.2 Å². The molecule has 2 atom stereocenters. The molecule has 0 spiro atoms. The number of hydrogen-bond donors (Lipinski definition) is 4. The van der Waals surface area contributed by atoms with Gasteiger partial charge in [0.15, 0.2) is 5.69 Å². The van der Waals surface area contributed by atoms with Crippen molar-refractivity contribution in [2.24, 2.45) is 0 Å². The van der Waals surface area contributed by atoms with Gasteiger partial charge in [0.05, 0.1) is 6.10 Å². The third-order valence-corrected chi connectivity index (χ3v) is 4.23. The molecule has 0 aliphatic carbocycles. The van der Waals surface area contributed by atoms with Crippen molar-refractivity contribution in [1.29, 1.82) is 0 Å². The molecule has 6 nitrogen and oxygen atoms in total. The van der Waals surface area contributed by atoms with Crippen molar-refractivity contribution in [3.05, 3.63) is 52.6 Å². The second-order valence-corrected chi connectivity index (χ2v) is 6.13. The highest BCUT2D eigenvalue weighted by atomic mass is 35.5. The van der Waals surface area contributed by atoms with Crippen LogP contribution in [0.2, 0.25) is 0 Å². The van der Waals surface area contributed by atoms with Crippen LogP contribution in [0.25, 0.3) is 0 Å². The van der Waals surface area contributed by atoms with Crippen LogP contribution in [0.1, 0.15) is 46.8 Å². The molecule has 25 heavy (non-hydrogen) atoms. The monoisotopic (exact) mass is 368 g/mol. The van der Waals surface area contributed by atoms with Crippen LogP contribution in [-0.2, 0) is 13.0 Å². The number of aliphatic hydroxyl groups is 1. The maximum atomic E-state index is 12.9. The normalized spacial score (nSPS) is 15.6. The van der Waals surface area contributed by atoms with Gasteiger partial charge >= 0.3 is 0 Å². The summed E-state index contributed by atoms with van der Waals surface area (Å²) in [6, 6.07) is 5.46. The first-order valence-corrected chi connectivity index (χ1v) is 8.06. The Hall–Kier alpha value is -1.96. The number of carbonyl (C=O) groups is 1. The van der Waals surface area contributed by atoms with Crippen LogP contribution in [0.4, 0.5) is 4.39 Å². The number of aromatic amines is 1. The quantitative estimate of drug-likeness (QED) is 0.648. The largest absolute Gasteiger partial charge is 0.388 e. The van der Waals surface area contributed by atoms with E-state index in [1.807, 2.05) is 6.92 Å². The zero-order chi connectivity index (χ0) is 17.1. The molecule has 0 bridgehead atoms. The van der Waals surface area contributed by atoms with Gasteiger partial charge in [-0.3, -0.25) is 9.89 Å². The van der Waals surface area contributed by atoms with E-state index in [0.29, 0.717) is 24.2 Å². The molecular formula is C17H22ClFN4O2. The zero-order valence-corrected chi connectivity index (χ0v) is 14.7.